The lowest BCUT2D eigenvalue weighted by Crippen LogP contribution is -2.28. The van der Waals surface area contributed by atoms with Gasteiger partial charge in [-0.3, -0.25) is 4.79 Å². The first-order chi connectivity index (χ1) is 10.4. The molecule has 0 aliphatic carbocycles. The number of nitrogens with one attached hydrogen (secondary N) is 2. The fourth-order valence-corrected chi connectivity index (χ4v) is 3.10. The topological polar surface area (TPSA) is 101 Å². The Hall–Kier alpha value is -1.44. The first kappa shape index (κ1) is 16.9. The van der Waals surface area contributed by atoms with Crippen molar-refractivity contribution in [3.05, 3.63) is 29.8 Å². The van der Waals surface area contributed by atoms with E-state index in [9.17, 15) is 13.2 Å². The molecule has 1 atom stereocenters. The Bertz CT molecular complexity index is 593. The van der Waals surface area contributed by atoms with E-state index in [0.717, 1.165) is 24.9 Å². The average Bonchev–Trinajstić information content (AvgIpc) is 2.98. The molecule has 1 aliphatic rings. The molecule has 22 heavy (non-hydrogen) atoms. The van der Waals surface area contributed by atoms with Crippen LogP contribution in [0.1, 0.15) is 31.2 Å². The lowest BCUT2D eigenvalue weighted by atomic mass is 10.1. The highest BCUT2D eigenvalue weighted by Gasteiger charge is 2.15. The zero-order valence-corrected chi connectivity index (χ0v) is 13.4. The van der Waals surface area contributed by atoms with E-state index in [0.29, 0.717) is 25.4 Å². The summed E-state index contributed by atoms with van der Waals surface area (Å²) in [5.74, 6) is 0.0647. The van der Waals surface area contributed by atoms with E-state index >= 15 is 0 Å². The minimum Gasteiger partial charge on any atom is -0.356 e. The molecule has 122 valence electrons. The lowest BCUT2D eigenvalue weighted by Gasteiger charge is -2.10. The highest BCUT2D eigenvalue weighted by atomic mass is 32.2. The Morgan fingerprint density at radius 1 is 1.32 bits per heavy atom. The van der Waals surface area contributed by atoms with Crippen molar-refractivity contribution >= 4 is 15.9 Å². The number of primary sulfonamides is 1. The van der Waals surface area contributed by atoms with Crippen LogP contribution in [0.3, 0.4) is 0 Å². The van der Waals surface area contributed by atoms with Crippen molar-refractivity contribution in [2.24, 2.45) is 5.14 Å². The Balaban J connectivity index is 1.68. The molecule has 0 saturated carbocycles. The number of amides is 1. The number of nitrogens with two attached hydrogens (primary N) is 1. The molecular weight excluding hydrogens is 302 g/mol. The van der Waals surface area contributed by atoms with Gasteiger partial charge in [-0.05, 0) is 49.9 Å². The highest BCUT2D eigenvalue weighted by molar-refractivity contribution is 7.89. The maximum absolute atomic E-state index is 11.7. The standard InChI is InChI=1S/C15H23N3O3S/c16-22(20,21)14-6-3-12(4-7-14)9-11-18-15(19)8-5-13-2-1-10-17-13/h3-4,6-7,13,17H,1-2,5,8-11H2,(H,18,19)(H2,16,20,21). The van der Waals surface area contributed by atoms with Gasteiger partial charge in [0, 0.05) is 19.0 Å². The van der Waals surface area contributed by atoms with Crippen molar-refractivity contribution in [2.45, 2.75) is 43.0 Å². The van der Waals surface area contributed by atoms with E-state index in [1.54, 1.807) is 12.1 Å². The Morgan fingerprint density at radius 3 is 2.64 bits per heavy atom. The van der Waals surface area contributed by atoms with Gasteiger partial charge >= 0.3 is 0 Å². The zero-order valence-electron chi connectivity index (χ0n) is 12.5. The van der Waals surface area contributed by atoms with Crippen LogP contribution in [0.25, 0.3) is 0 Å². The second-order valence-electron chi connectivity index (χ2n) is 5.62. The van der Waals surface area contributed by atoms with E-state index in [4.69, 9.17) is 5.14 Å². The van der Waals surface area contributed by atoms with Crippen LogP contribution in [-0.2, 0) is 21.2 Å². The summed E-state index contributed by atoms with van der Waals surface area (Å²) in [5, 5.41) is 11.3. The summed E-state index contributed by atoms with van der Waals surface area (Å²) in [6.45, 7) is 1.60. The van der Waals surface area contributed by atoms with E-state index in [1.165, 1.54) is 18.6 Å². The van der Waals surface area contributed by atoms with Crippen LogP contribution in [0.2, 0.25) is 0 Å². The van der Waals surface area contributed by atoms with Crippen molar-refractivity contribution in [1.29, 1.82) is 0 Å². The zero-order chi connectivity index (χ0) is 16.0. The third kappa shape index (κ3) is 5.40. The highest BCUT2D eigenvalue weighted by Crippen LogP contribution is 2.11. The quantitative estimate of drug-likeness (QED) is 0.680. The third-order valence-corrected chi connectivity index (χ3v) is 4.80. The molecule has 1 fully saturated rings. The fourth-order valence-electron chi connectivity index (χ4n) is 2.59. The fraction of sp³-hybridized carbons (Fsp3) is 0.533. The van der Waals surface area contributed by atoms with Gasteiger partial charge in [-0.25, -0.2) is 13.6 Å². The lowest BCUT2D eigenvalue weighted by molar-refractivity contribution is -0.121. The van der Waals surface area contributed by atoms with Crippen molar-refractivity contribution in [1.82, 2.24) is 10.6 Å². The molecule has 0 aromatic heterocycles. The summed E-state index contributed by atoms with van der Waals surface area (Å²) in [4.78, 5) is 11.8. The van der Waals surface area contributed by atoms with Crippen LogP contribution in [0.15, 0.2) is 29.2 Å². The smallest absolute Gasteiger partial charge is 0.238 e. The molecule has 1 aromatic rings. The van der Waals surface area contributed by atoms with Gasteiger partial charge in [0.25, 0.3) is 0 Å². The molecule has 1 unspecified atom stereocenters. The second-order valence-corrected chi connectivity index (χ2v) is 7.18. The van der Waals surface area contributed by atoms with Crippen molar-refractivity contribution in [3.63, 3.8) is 0 Å². The van der Waals surface area contributed by atoms with Gasteiger partial charge in [0.2, 0.25) is 15.9 Å². The van der Waals surface area contributed by atoms with Gasteiger partial charge in [0.05, 0.1) is 4.90 Å². The molecule has 1 saturated heterocycles. The number of carbonyl (C=O) groups is 1. The summed E-state index contributed by atoms with van der Waals surface area (Å²) < 4.78 is 22.3. The minimum absolute atomic E-state index is 0.0647. The summed E-state index contributed by atoms with van der Waals surface area (Å²) >= 11 is 0. The summed E-state index contributed by atoms with van der Waals surface area (Å²) in [6, 6.07) is 6.88. The third-order valence-electron chi connectivity index (χ3n) is 3.87. The van der Waals surface area contributed by atoms with E-state index in [-0.39, 0.29) is 10.8 Å². The van der Waals surface area contributed by atoms with Crippen molar-refractivity contribution in [3.8, 4) is 0 Å². The van der Waals surface area contributed by atoms with Crippen LogP contribution >= 0.6 is 0 Å². The second kappa shape index (κ2) is 7.71. The largest absolute Gasteiger partial charge is 0.356 e. The molecule has 6 nitrogen and oxygen atoms in total. The van der Waals surface area contributed by atoms with E-state index in [1.807, 2.05) is 0 Å². The summed E-state index contributed by atoms with van der Waals surface area (Å²) in [5.41, 5.74) is 0.963. The molecule has 1 aromatic carbocycles. The van der Waals surface area contributed by atoms with Gasteiger partial charge in [0.1, 0.15) is 0 Å². The van der Waals surface area contributed by atoms with Crippen LogP contribution < -0.4 is 15.8 Å². The maximum atomic E-state index is 11.7. The molecule has 1 amide bonds. The van der Waals surface area contributed by atoms with Gasteiger partial charge in [-0.15, -0.1) is 0 Å². The molecule has 0 radical (unpaired) electrons. The first-order valence-corrected chi connectivity index (χ1v) is 9.11. The SMILES string of the molecule is NS(=O)(=O)c1ccc(CCNC(=O)CCC2CCCN2)cc1. The van der Waals surface area contributed by atoms with E-state index in [2.05, 4.69) is 10.6 Å². The molecule has 7 heteroatoms. The molecule has 0 spiro atoms. The summed E-state index contributed by atoms with van der Waals surface area (Å²) in [6.07, 6.45) is 4.44. The van der Waals surface area contributed by atoms with Crippen LogP contribution in [0, 0.1) is 0 Å². The first-order valence-electron chi connectivity index (χ1n) is 7.57. The predicted octanol–water partition coefficient (Wildman–Crippen LogP) is 0.525. The van der Waals surface area contributed by atoms with Gasteiger partial charge in [-0.2, -0.15) is 0 Å². The normalized spacial score (nSPS) is 18.3. The Kier molecular flexibility index (Phi) is 5.93. The number of carbonyl (C=O) groups excluding carboxylic acids is 1. The van der Waals surface area contributed by atoms with Crippen LogP contribution in [0.4, 0.5) is 0 Å². The van der Waals surface area contributed by atoms with Gasteiger partial charge in [-0.1, -0.05) is 12.1 Å². The number of benzene rings is 1. The number of hydrogen-bond donors (Lipinski definition) is 3. The molecular formula is C15H23N3O3S. The van der Waals surface area contributed by atoms with Crippen LogP contribution in [-0.4, -0.2) is 33.5 Å². The molecule has 2 rings (SSSR count). The minimum atomic E-state index is -3.64. The summed E-state index contributed by atoms with van der Waals surface area (Å²) in [7, 11) is -3.64. The van der Waals surface area contributed by atoms with Crippen molar-refractivity contribution < 1.29 is 13.2 Å². The Labute approximate surface area is 131 Å². The molecule has 1 heterocycles. The van der Waals surface area contributed by atoms with Gasteiger partial charge < -0.3 is 10.6 Å². The van der Waals surface area contributed by atoms with Crippen molar-refractivity contribution in [2.75, 3.05) is 13.1 Å². The monoisotopic (exact) mass is 325 g/mol. The van der Waals surface area contributed by atoms with Crippen LogP contribution in [0.5, 0.6) is 0 Å². The predicted molar refractivity (Wildman–Crippen MR) is 84.8 cm³/mol. The average molecular weight is 325 g/mol. The Morgan fingerprint density at radius 2 is 2.05 bits per heavy atom. The molecule has 4 N–H and O–H groups in total. The number of hydrogen-bond acceptors (Lipinski definition) is 4. The molecule has 0 bridgehead atoms. The molecule has 1 aliphatic heterocycles. The number of rotatable bonds is 7. The van der Waals surface area contributed by atoms with E-state index < -0.39 is 10.0 Å². The maximum Gasteiger partial charge on any atom is 0.238 e. The number of sulfonamides is 1. The van der Waals surface area contributed by atoms with Gasteiger partial charge in [0.15, 0.2) is 0 Å².